The molecule has 0 aliphatic carbocycles. The molecule has 10 nitrogen and oxygen atoms in total. The molecule has 2 aromatic rings. The molecule has 3 rings (SSSR count). The molecule has 0 saturated carbocycles. The third-order valence-electron chi connectivity index (χ3n) is 4.50. The van der Waals surface area contributed by atoms with Crippen molar-refractivity contribution < 1.29 is 0 Å². The van der Waals surface area contributed by atoms with Crippen LogP contribution in [0.25, 0.3) is 0 Å². The van der Waals surface area contributed by atoms with Crippen molar-refractivity contribution in [2.24, 2.45) is 31.7 Å². The van der Waals surface area contributed by atoms with Gasteiger partial charge in [0.15, 0.2) is 11.9 Å². The largest absolute Gasteiger partial charge is 0.369 e. The van der Waals surface area contributed by atoms with Crippen molar-refractivity contribution in [2.75, 3.05) is 37.0 Å². The van der Waals surface area contributed by atoms with Gasteiger partial charge in [0.1, 0.15) is 12.7 Å². The molecule has 168 valence electrons. The molecular weight excluding hydrogens is 451 g/mol. The molecular formula is C20H24Cl2N10. The highest BCUT2D eigenvalue weighted by Gasteiger charge is 2.19. The molecule has 6 N–H and O–H groups in total. The van der Waals surface area contributed by atoms with E-state index in [4.69, 9.17) is 34.7 Å². The molecule has 0 atom stereocenters. The third-order valence-corrected chi connectivity index (χ3v) is 5.00. The summed E-state index contributed by atoms with van der Waals surface area (Å²) in [5.74, 6) is 0.770. The molecule has 0 amide bonds. The summed E-state index contributed by atoms with van der Waals surface area (Å²) in [6, 6.07) is 14.3. The van der Waals surface area contributed by atoms with Crippen LogP contribution >= 0.6 is 23.2 Å². The van der Waals surface area contributed by atoms with Crippen LogP contribution in [0.5, 0.6) is 0 Å². The molecule has 0 radical (unpaired) electrons. The second-order valence-electron chi connectivity index (χ2n) is 6.68. The average molecular weight is 475 g/mol. The van der Waals surface area contributed by atoms with Gasteiger partial charge in [0.2, 0.25) is 0 Å². The quantitative estimate of drug-likeness (QED) is 0.289. The second kappa shape index (κ2) is 11.8. The van der Waals surface area contributed by atoms with Gasteiger partial charge in [-0.2, -0.15) is 10.2 Å². The summed E-state index contributed by atoms with van der Waals surface area (Å²) in [7, 11) is 0. The molecule has 2 aromatic carbocycles. The van der Waals surface area contributed by atoms with Gasteiger partial charge in [-0.25, -0.2) is 9.98 Å². The lowest BCUT2D eigenvalue weighted by molar-refractivity contribution is 0.255. The Labute approximate surface area is 196 Å². The Morgan fingerprint density at radius 3 is 1.38 bits per heavy atom. The van der Waals surface area contributed by atoms with Crippen molar-refractivity contribution in [3.63, 3.8) is 0 Å². The maximum absolute atomic E-state index is 6.05. The topological polar surface area (TPSA) is 132 Å². The Balaban J connectivity index is 1.41. The Kier molecular flexibility index (Phi) is 8.52. The first-order valence-corrected chi connectivity index (χ1v) is 10.5. The third kappa shape index (κ3) is 7.33. The lowest BCUT2D eigenvalue weighted by Crippen LogP contribution is -2.54. The minimum absolute atomic E-state index is 0.385. The number of rotatable bonds is 6. The van der Waals surface area contributed by atoms with E-state index in [-0.39, 0.29) is 0 Å². The number of anilines is 2. The fourth-order valence-electron chi connectivity index (χ4n) is 2.76. The highest BCUT2D eigenvalue weighted by atomic mass is 35.5. The van der Waals surface area contributed by atoms with Gasteiger partial charge in [-0.1, -0.05) is 23.2 Å². The first-order chi connectivity index (χ1) is 15.5. The van der Waals surface area contributed by atoms with Gasteiger partial charge in [-0.15, -0.1) is 0 Å². The molecule has 0 bridgehead atoms. The van der Waals surface area contributed by atoms with E-state index in [9.17, 15) is 0 Å². The van der Waals surface area contributed by atoms with E-state index in [0.29, 0.717) is 48.1 Å². The molecule has 1 heterocycles. The summed E-state index contributed by atoms with van der Waals surface area (Å²) in [6.45, 7) is 2.63. The fraction of sp³-hybridized carbons (Fsp3) is 0.200. The zero-order valence-corrected chi connectivity index (χ0v) is 18.7. The van der Waals surface area contributed by atoms with Gasteiger partial charge in [-0.3, -0.25) is 10.9 Å². The highest BCUT2D eigenvalue weighted by Crippen LogP contribution is 2.13. The number of nitrogens with two attached hydrogens (primary N) is 2. The standard InChI is InChI=1S/C20H24Cl2N10/c21-15-1-5-17(6-2-15)29-27-13-25-19(23)31-9-11-32(12-10-31)20(24)26-14-28-30-18-7-3-16(22)4-8-18/h1-8,13-14,29-30H,9-12H2,(H2,23,25,27)(H2,24,26,28). The Bertz CT molecular complexity index is 897. The lowest BCUT2D eigenvalue weighted by atomic mass is 10.3. The van der Waals surface area contributed by atoms with E-state index in [2.05, 4.69) is 31.0 Å². The number of nitrogens with zero attached hydrogens (tertiary/aromatic N) is 6. The van der Waals surface area contributed by atoms with E-state index >= 15 is 0 Å². The number of hydrogen-bond donors (Lipinski definition) is 4. The van der Waals surface area contributed by atoms with Crippen LogP contribution in [0.15, 0.2) is 68.7 Å². The predicted octanol–water partition coefficient (Wildman–Crippen LogP) is 2.65. The van der Waals surface area contributed by atoms with Crippen molar-refractivity contribution in [2.45, 2.75) is 0 Å². The predicted molar refractivity (Wildman–Crippen MR) is 134 cm³/mol. The van der Waals surface area contributed by atoms with E-state index in [1.807, 2.05) is 34.1 Å². The lowest BCUT2D eigenvalue weighted by Gasteiger charge is -2.35. The highest BCUT2D eigenvalue weighted by molar-refractivity contribution is 6.30. The zero-order chi connectivity index (χ0) is 22.8. The van der Waals surface area contributed by atoms with Crippen LogP contribution in [0, 0.1) is 0 Å². The Hall–Kier alpha value is -3.50. The second-order valence-corrected chi connectivity index (χ2v) is 7.55. The molecule has 0 aromatic heterocycles. The minimum atomic E-state index is 0.385. The summed E-state index contributed by atoms with van der Waals surface area (Å²) in [6.07, 6.45) is 2.74. The number of halogens is 2. The number of aliphatic imine (C=N–C) groups is 2. The van der Waals surface area contributed by atoms with E-state index < -0.39 is 0 Å². The van der Waals surface area contributed by atoms with Crippen LogP contribution in [0.2, 0.25) is 10.0 Å². The van der Waals surface area contributed by atoms with Gasteiger partial charge in [0.25, 0.3) is 0 Å². The van der Waals surface area contributed by atoms with Crippen LogP contribution in [0.1, 0.15) is 0 Å². The van der Waals surface area contributed by atoms with Crippen molar-refractivity contribution in [1.29, 1.82) is 0 Å². The van der Waals surface area contributed by atoms with Gasteiger partial charge >= 0.3 is 0 Å². The van der Waals surface area contributed by atoms with Gasteiger partial charge in [0, 0.05) is 36.2 Å². The summed E-state index contributed by atoms with van der Waals surface area (Å²) in [5.41, 5.74) is 19.4. The van der Waals surface area contributed by atoms with Crippen molar-refractivity contribution in [3.8, 4) is 0 Å². The Morgan fingerprint density at radius 2 is 1.03 bits per heavy atom. The summed E-state index contributed by atoms with van der Waals surface area (Å²) in [4.78, 5) is 12.2. The number of hydrazone groups is 2. The zero-order valence-electron chi connectivity index (χ0n) is 17.2. The number of piperazine rings is 1. The van der Waals surface area contributed by atoms with E-state index in [1.165, 1.54) is 12.7 Å². The van der Waals surface area contributed by atoms with Crippen LogP contribution in [-0.2, 0) is 0 Å². The van der Waals surface area contributed by atoms with Crippen molar-refractivity contribution in [3.05, 3.63) is 58.6 Å². The average Bonchev–Trinajstić information content (AvgIpc) is 2.81. The molecule has 1 fully saturated rings. The van der Waals surface area contributed by atoms with E-state index in [0.717, 1.165) is 11.4 Å². The maximum atomic E-state index is 6.05. The molecule has 32 heavy (non-hydrogen) atoms. The molecule has 0 unspecified atom stereocenters. The molecule has 1 aliphatic rings. The summed E-state index contributed by atoms with van der Waals surface area (Å²) < 4.78 is 0. The van der Waals surface area contributed by atoms with Crippen molar-refractivity contribution in [1.82, 2.24) is 9.80 Å². The smallest absolute Gasteiger partial charge is 0.197 e. The Morgan fingerprint density at radius 1 is 0.688 bits per heavy atom. The summed E-state index contributed by atoms with van der Waals surface area (Å²) in [5, 5.41) is 9.38. The van der Waals surface area contributed by atoms with Crippen LogP contribution < -0.4 is 22.3 Å². The summed E-state index contributed by atoms with van der Waals surface area (Å²) >= 11 is 11.7. The van der Waals surface area contributed by atoms with Gasteiger partial charge in [0.05, 0.1) is 11.4 Å². The van der Waals surface area contributed by atoms with Crippen LogP contribution in [0.3, 0.4) is 0 Å². The number of nitrogens with one attached hydrogen (secondary N) is 2. The molecule has 0 spiro atoms. The van der Waals surface area contributed by atoms with Gasteiger partial charge < -0.3 is 21.3 Å². The van der Waals surface area contributed by atoms with Crippen LogP contribution in [-0.4, -0.2) is 60.6 Å². The van der Waals surface area contributed by atoms with Crippen LogP contribution in [0.4, 0.5) is 11.4 Å². The first-order valence-electron chi connectivity index (χ1n) is 9.74. The number of guanidine groups is 2. The normalized spacial score (nSPS) is 15.6. The molecule has 1 saturated heterocycles. The maximum Gasteiger partial charge on any atom is 0.197 e. The monoisotopic (exact) mass is 474 g/mol. The SMILES string of the molecule is NC(=NC=NNc1ccc(Cl)cc1)N1CCN(C(N)=NC=NNc2ccc(Cl)cc2)CC1. The van der Waals surface area contributed by atoms with Crippen molar-refractivity contribution >= 4 is 59.2 Å². The molecule has 1 aliphatic heterocycles. The number of benzene rings is 2. The van der Waals surface area contributed by atoms with Gasteiger partial charge in [-0.05, 0) is 48.5 Å². The van der Waals surface area contributed by atoms with E-state index in [1.54, 1.807) is 24.3 Å². The minimum Gasteiger partial charge on any atom is -0.369 e. The number of hydrogen-bond acceptors (Lipinski definition) is 4. The first kappa shape index (κ1) is 23.2. The molecule has 12 heteroatoms. The fourth-order valence-corrected chi connectivity index (χ4v) is 3.01.